The highest BCUT2D eigenvalue weighted by molar-refractivity contribution is 5.60. The highest BCUT2D eigenvalue weighted by atomic mass is 16.3. The van der Waals surface area contributed by atoms with Gasteiger partial charge in [-0.05, 0) is 31.5 Å². The molecule has 1 N–H and O–H groups in total. The van der Waals surface area contributed by atoms with E-state index in [-0.39, 0.29) is 5.76 Å². The summed E-state index contributed by atoms with van der Waals surface area (Å²) >= 11 is 0. The molecule has 1 aliphatic heterocycles. The van der Waals surface area contributed by atoms with Gasteiger partial charge in [0.25, 0.3) is 0 Å². The standard InChI is InChI=1S/C13H17NO/c1-10(15)12-5-3-4-6-13(12)11-7-8-14(2)9-11/h3-6,11,15H,1,7-9H2,2H3. The van der Waals surface area contributed by atoms with Crippen LogP contribution in [0.1, 0.15) is 23.5 Å². The van der Waals surface area contributed by atoms with Crippen LogP contribution in [0.3, 0.4) is 0 Å². The van der Waals surface area contributed by atoms with E-state index < -0.39 is 0 Å². The lowest BCUT2D eigenvalue weighted by molar-refractivity contribution is 0.411. The quantitative estimate of drug-likeness (QED) is 0.747. The fourth-order valence-corrected chi connectivity index (χ4v) is 2.30. The summed E-state index contributed by atoms with van der Waals surface area (Å²) in [5, 5.41) is 9.52. The molecular weight excluding hydrogens is 186 g/mol. The van der Waals surface area contributed by atoms with Crippen molar-refractivity contribution in [2.24, 2.45) is 0 Å². The second-order valence-electron chi connectivity index (χ2n) is 4.28. The van der Waals surface area contributed by atoms with Crippen LogP contribution in [-0.2, 0) is 0 Å². The predicted octanol–water partition coefficient (Wildman–Crippen LogP) is 2.63. The fraction of sp³-hybridized carbons (Fsp3) is 0.385. The number of hydrogen-bond acceptors (Lipinski definition) is 2. The summed E-state index contributed by atoms with van der Waals surface area (Å²) in [5.41, 5.74) is 2.13. The van der Waals surface area contributed by atoms with Gasteiger partial charge in [-0.1, -0.05) is 30.8 Å². The van der Waals surface area contributed by atoms with Crippen molar-refractivity contribution in [1.29, 1.82) is 0 Å². The average molecular weight is 203 g/mol. The molecule has 1 aromatic rings. The molecule has 0 spiro atoms. The van der Waals surface area contributed by atoms with Crippen LogP contribution in [0.25, 0.3) is 5.76 Å². The SMILES string of the molecule is C=C(O)c1ccccc1C1CCN(C)C1. The minimum atomic E-state index is 0.181. The monoisotopic (exact) mass is 203 g/mol. The Bertz CT molecular complexity index is 373. The summed E-state index contributed by atoms with van der Waals surface area (Å²) in [4.78, 5) is 2.32. The maximum Gasteiger partial charge on any atom is 0.115 e. The van der Waals surface area contributed by atoms with Crippen LogP contribution in [0.15, 0.2) is 30.8 Å². The smallest absolute Gasteiger partial charge is 0.115 e. The van der Waals surface area contributed by atoms with Gasteiger partial charge in [-0.3, -0.25) is 0 Å². The first-order valence-electron chi connectivity index (χ1n) is 5.34. The first-order chi connectivity index (χ1) is 7.18. The predicted molar refractivity (Wildman–Crippen MR) is 63.0 cm³/mol. The van der Waals surface area contributed by atoms with Crippen molar-refractivity contribution in [3.63, 3.8) is 0 Å². The maximum atomic E-state index is 9.52. The second-order valence-corrected chi connectivity index (χ2v) is 4.28. The van der Waals surface area contributed by atoms with Crippen molar-refractivity contribution >= 4 is 5.76 Å². The first-order valence-corrected chi connectivity index (χ1v) is 5.34. The molecule has 0 aliphatic carbocycles. The van der Waals surface area contributed by atoms with E-state index in [1.807, 2.05) is 18.2 Å². The lowest BCUT2D eigenvalue weighted by Gasteiger charge is -2.14. The lowest BCUT2D eigenvalue weighted by atomic mass is 9.93. The van der Waals surface area contributed by atoms with Gasteiger partial charge >= 0.3 is 0 Å². The number of rotatable bonds is 2. The van der Waals surface area contributed by atoms with E-state index in [2.05, 4.69) is 24.6 Å². The molecule has 2 heteroatoms. The van der Waals surface area contributed by atoms with Gasteiger partial charge < -0.3 is 10.0 Å². The average Bonchev–Trinajstić information content (AvgIpc) is 2.65. The Kier molecular flexibility index (Phi) is 2.78. The van der Waals surface area contributed by atoms with Gasteiger partial charge in [0.15, 0.2) is 0 Å². The van der Waals surface area contributed by atoms with Crippen molar-refractivity contribution in [1.82, 2.24) is 4.90 Å². The van der Waals surface area contributed by atoms with E-state index in [0.29, 0.717) is 5.92 Å². The van der Waals surface area contributed by atoms with Crippen LogP contribution in [-0.4, -0.2) is 30.1 Å². The largest absolute Gasteiger partial charge is 0.508 e. The van der Waals surface area contributed by atoms with Gasteiger partial charge in [-0.15, -0.1) is 0 Å². The summed E-state index contributed by atoms with van der Waals surface area (Å²) in [6, 6.07) is 8.01. The molecule has 1 fully saturated rings. The number of nitrogens with zero attached hydrogens (tertiary/aromatic N) is 1. The van der Waals surface area contributed by atoms with Gasteiger partial charge in [0, 0.05) is 12.1 Å². The summed E-state index contributed by atoms with van der Waals surface area (Å²) < 4.78 is 0. The van der Waals surface area contributed by atoms with E-state index in [9.17, 15) is 5.11 Å². The van der Waals surface area contributed by atoms with Crippen molar-refractivity contribution in [3.05, 3.63) is 42.0 Å². The zero-order valence-corrected chi connectivity index (χ0v) is 9.11. The van der Waals surface area contributed by atoms with Gasteiger partial charge in [-0.25, -0.2) is 0 Å². The highest BCUT2D eigenvalue weighted by Gasteiger charge is 2.23. The third kappa shape index (κ3) is 2.05. The van der Waals surface area contributed by atoms with E-state index in [1.54, 1.807) is 0 Å². The Hall–Kier alpha value is -1.28. The summed E-state index contributed by atoms with van der Waals surface area (Å²) in [6.45, 7) is 5.83. The third-order valence-corrected chi connectivity index (χ3v) is 3.10. The minimum absolute atomic E-state index is 0.181. The van der Waals surface area contributed by atoms with Crippen LogP contribution in [0.5, 0.6) is 0 Å². The second kappa shape index (κ2) is 4.07. The molecule has 1 heterocycles. The number of likely N-dealkylation sites (tertiary alicyclic amines) is 1. The zero-order valence-electron chi connectivity index (χ0n) is 9.11. The molecule has 2 nitrogen and oxygen atoms in total. The number of hydrogen-bond donors (Lipinski definition) is 1. The van der Waals surface area contributed by atoms with E-state index in [0.717, 1.165) is 18.7 Å². The molecule has 1 aromatic carbocycles. The number of aliphatic hydroxyl groups is 1. The Morgan fingerprint density at radius 2 is 2.20 bits per heavy atom. The van der Waals surface area contributed by atoms with Crippen molar-refractivity contribution < 1.29 is 5.11 Å². The number of benzene rings is 1. The summed E-state index contributed by atoms with van der Waals surface area (Å²) in [6.07, 6.45) is 1.17. The van der Waals surface area contributed by atoms with Crippen molar-refractivity contribution in [2.75, 3.05) is 20.1 Å². The Morgan fingerprint density at radius 3 is 2.80 bits per heavy atom. The molecule has 15 heavy (non-hydrogen) atoms. The Labute approximate surface area is 90.8 Å². The van der Waals surface area contributed by atoms with E-state index >= 15 is 0 Å². The van der Waals surface area contributed by atoms with Crippen molar-refractivity contribution in [2.45, 2.75) is 12.3 Å². The van der Waals surface area contributed by atoms with Crippen LogP contribution in [0.2, 0.25) is 0 Å². The zero-order chi connectivity index (χ0) is 10.8. The summed E-state index contributed by atoms with van der Waals surface area (Å²) in [7, 11) is 2.14. The molecule has 1 unspecified atom stereocenters. The van der Waals surface area contributed by atoms with E-state index in [1.165, 1.54) is 12.0 Å². The molecule has 1 aliphatic rings. The van der Waals surface area contributed by atoms with Gasteiger partial charge in [0.2, 0.25) is 0 Å². The van der Waals surface area contributed by atoms with E-state index in [4.69, 9.17) is 0 Å². The fourth-order valence-electron chi connectivity index (χ4n) is 2.30. The Balaban J connectivity index is 2.31. The van der Waals surface area contributed by atoms with Crippen LogP contribution < -0.4 is 0 Å². The third-order valence-electron chi connectivity index (χ3n) is 3.10. The Morgan fingerprint density at radius 1 is 1.47 bits per heavy atom. The van der Waals surface area contributed by atoms with Crippen LogP contribution >= 0.6 is 0 Å². The van der Waals surface area contributed by atoms with Gasteiger partial charge in [0.05, 0.1) is 0 Å². The minimum Gasteiger partial charge on any atom is -0.508 e. The molecule has 0 aromatic heterocycles. The summed E-state index contributed by atoms with van der Waals surface area (Å²) in [5.74, 6) is 0.718. The molecule has 80 valence electrons. The molecule has 0 amide bonds. The molecule has 1 atom stereocenters. The van der Waals surface area contributed by atoms with Gasteiger partial charge in [0.1, 0.15) is 5.76 Å². The highest BCUT2D eigenvalue weighted by Crippen LogP contribution is 2.30. The molecule has 1 saturated heterocycles. The number of likely N-dealkylation sites (N-methyl/N-ethyl adjacent to an activating group) is 1. The molecule has 2 rings (SSSR count). The van der Waals surface area contributed by atoms with Crippen molar-refractivity contribution in [3.8, 4) is 0 Å². The van der Waals surface area contributed by atoms with Crippen LogP contribution in [0.4, 0.5) is 0 Å². The van der Waals surface area contributed by atoms with Gasteiger partial charge in [-0.2, -0.15) is 0 Å². The topological polar surface area (TPSA) is 23.5 Å². The maximum absolute atomic E-state index is 9.52. The normalized spacial score (nSPS) is 21.8. The molecule has 0 bridgehead atoms. The number of aliphatic hydroxyl groups excluding tert-OH is 1. The molecular formula is C13H17NO. The first kappa shape index (κ1) is 10.2. The van der Waals surface area contributed by atoms with Crippen LogP contribution in [0, 0.1) is 0 Å². The molecule has 0 radical (unpaired) electrons. The molecule has 0 saturated carbocycles. The lowest BCUT2D eigenvalue weighted by Crippen LogP contribution is -2.13.